The molecule has 1 aromatic heterocycles. The number of carbonyl (C=O) groups excluding carboxylic acids is 1. The minimum absolute atomic E-state index is 0.0101. The first kappa shape index (κ1) is 19.1. The molecule has 5 nitrogen and oxygen atoms in total. The summed E-state index contributed by atoms with van der Waals surface area (Å²) in [5.74, 6) is 0.0101. The third-order valence-corrected chi connectivity index (χ3v) is 4.57. The van der Waals surface area contributed by atoms with Crippen LogP contribution < -0.4 is 5.32 Å². The van der Waals surface area contributed by atoms with Gasteiger partial charge in [0.2, 0.25) is 5.91 Å². The van der Waals surface area contributed by atoms with Crippen molar-refractivity contribution in [2.24, 2.45) is 0 Å². The zero-order valence-electron chi connectivity index (χ0n) is 15.5. The molecule has 1 N–H and O–H groups in total. The van der Waals surface area contributed by atoms with Crippen molar-refractivity contribution in [3.8, 4) is 11.1 Å². The lowest BCUT2D eigenvalue weighted by Crippen LogP contribution is -2.23. The summed E-state index contributed by atoms with van der Waals surface area (Å²) < 4.78 is 1.80. The van der Waals surface area contributed by atoms with Gasteiger partial charge in [-0.2, -0.15) is 0 Å². The van der Waals surface area contributed by atoms with Crippen LogP contribution in [0.5, 0.6) is 0 Å². The number of benzene rings is 2. The fourth-order valence-electron chi connectivity index (χ4n) is 2.67. The smallest absolute Gasteiger partial charge is 0.220 e. The standard InChI is InChI=1S/C21H23ClN4O/c1-15(2)26-14-20(24-25-26)11-12-21(27)23-13-16-3-5-17(6-4-16)18-7-9-19(22)10-8-18/h3-10,14-15H,11-13H2,1-2H3,(H,23,27). The molecular formula is C21H23ClN4O. The molecule has 27 heavy (non-hydrogen) atoms. The molecule has 3 aromatic rings. The summed E-state index contributed by atoms with van der Waals surface area (Å²) in [6.07, 6.45) is 2.89. The van der Waals surface area contributed by atoms with Crippen LogP contribution in [-0.4, -0.2) is 20.9 Å². The number of halogens is 1. The SMILES string of the molecule is CC(C)n1cc(CCC(=O)NCc2ccc(-c3ccc(Cl)cc3)cc2)nn1. The summed E-state index contributed by atoms with van der Waals surface area (Å²) in [6, 6.07) is 16.2. The zero-order valence-corrected chi connectivity index (χ0v) is 16.3. The van der Waals surface area contributed by atoms with E-state index in [4.69, 9.17) is 11.6 Å². The van der Waals surface area contributed by atoms with Crippen molar-refractivity contribution in [3.05, 3.63) is 71.0 Å². The van der Waals surface area contributed by atoms with E-state index in [1.165, 1.54) is 0 Å². The van der Waals surface area contributed by atoms with Crippen molar-refractivity contribution < 1.29 is 4.79 Å². The highest BCUT2D eigenvalue weighted by molar-refractivity contribution is 6.30. The van der Waals surface area contributed by atoms with Gasteiger partial charge in [0.25, 0.3) is 0 Å². The Balaban J connectivity index is 1.47. The summed E-state index contributed by atoms with van der Waals surface area (Å²) in [6.45, 7) is 4.60. The van der Waals surface area contributed by atoms with Crippen LogP contribution in [-0.2, 0) is 17.8 Å². The largest absolute Gasteiger partial charge is 0.352 e. The number of nitrogens with zero attached hydrogens (tertiary/aromatic N) is 3. The third-order valence-electron chi connectivity index (χ3n) is 4.32. The Morgan fingerprint density at radius 2 is 1.70 bits per heavy atom. The van der Waals surface area contributed by atoms with Gasteiger partial charge in [-0.1, -0.05) is 53.2 Å². The molecule has 3 rings (SSSR count). The van der Waals surface area contributed by atoms with Gasteiger partial charge < -0.3 is 5.32 Å². The zero-order chi connectivity index (χ0) is 19.2. The highest BCUT2D eigenvalue weighted by Gasteiger charge is 2.07. The molecule has 0 saturated heterocycles. The minimum Gasteiger partial charge on any atom is -0.352 e. The van der Waals surface area contributed by atoms with Crippen molar-refractivity contribution in [1.29, 1.82) is 0 Å². The predicted octanol–water partition coefficient (Wildman–Crippen LogP) is 4.43. The Labute approximate surface area is 164 Å². The molecule has 1 heterocycles. The monoisotopic (exact) mass is 382 g/mol. The lowest BCUT2D eigenvalue weighted by atomic mass is 10.0. The van der Waals surface area contributed by atoms with Crippen molar-refractivity contribution in [3.63, 3.8) is 0 Å². The van der Waals surface area contributed by atoms with Gasteiger partial charge in [0.05, 0.1) is 5.69 Å². The van der Waals surface area contributed by atoms with E-state index in [-0.39, 0.29) is 11.9 Å². The van der Waals surface area contributed by atoms with E-state index >= 15 is 0 Å². The average molecular weight is 383 g/mol. The first-order valence-corrected chi connectivity index (χ1v) is 9.41. The van der Waals surface area contributed by atoms with Gasteiger partial charge in [0.15, 0.2) is 0 Å². The van der Waals surface area contributed by atoms with Gasteiger partial charge >= 0.3 is 0 Å². The third kappa shape index (κ3) is 5.41. The lowest BCUT2D eigenvalue weighted by Gasteiger charge is -2.07. The number of nitrogens with one attached hydrogen (secondary N) is 1. The number of carbonyl (C=O) groups is 1. The fourth-order valence-corrected chi connectivity index (χ4v) is 2.79. The summed E-state index contributed by atoms with van der Waals surface area (Å²) in [5.41, 5.74) is 4.14. The van der Waals surface area contributed by atoms with Crippen LogP contribution in [0.15, 0.2) is 54.7 Å². The van der Waals surface area contributed by atoms with Crippen molar-refractivity contribution in [1.82, 2.24) is 20.3 Å². The van der Waals surface area contributed by atoms with Gasteiger partial charge in [-0.15, -0.1) is 5.10 Å². The molecule has 0 atom stereocenters. The Morgan fingerprint density at radius 3 is 2.30 bits per heavy atom. The maximum absolute atomic E-state index is 12.1. The quantitative estimate of drug-likeness (QED) is 0.657. The van der Waals surface area contributed by atoms with E-state index in [0.717, 1.165) is 27.4 Å². The van der Waals surface area contributed by atoms with Crippen LogP contribution in [0.1, 0.15) is 37.6 Å². The van der Waals surface area contributed by atoms with Crippen LogP contribution in [0, 0.1) is 0 Å². The second-order valence-electron chi connectivity index (χ2n) is 6.76. The molecule has 0 bridgehead atoms. The lowest BCUT2D eigenvalue weighted by molar-refractivity contribution is -0.121. The van der Waals surface area contributed by atoms with Gasteiger partial charge in [-0.05, 0) is 42.7 Å². The van der Waals surface area contributed by atoms with E-state index in [2.05, 4.69) is 27.8 Å². The number of amides is 1. The van der Waals surface area contributed by atoms with Gasteiger partial charge in [0, 0.05) is 36.6 Å². The van der Waals surface area contributed by atoms with E-state index in [1.807, 2.05) is 56.4 Å². The number of hydrogen-bond acceptors (Lipinski definition) is 3. The topological polar surface area (TPSA) is 59.8 Å². The summed E-state index contributed by atoms with van der Waals surface area (Å²) in [5, 5.41) is 11.8. The minimum atomic E-state index is 0.0101. The number of aryl methyl sites for hydroxylation is 1. The summed E-state index contributed by atoms with van der Waals surface area (Å²) in [4.78, 5) is 12.1. The molecule has 6 heteroatoms. The number of rotatable bonds is 7. The Bertz CT molecular complexity index is 885. The maximum Gasteiger partial charge on any atom is 0.220 e. The second kappa shape index (κ2) is 8.82. The summed E-state index contributed by atoms with van der Waals surface area (Å²) in [7, 11) is 0. The normalized spacial score (nSPS) is 11.0. The molecule has 2 aromatic carbocycles. The fraction of sp³-hybridized carbons (Fsp3) is 0.286. The van der Waals surface area contributed by atoms with E-state index < -0.39 is 0 Å². The van der Waals surface area contributed by atoms with Gasteiger partial charge in [0.1, 0.15) is 0 Å². The Hall–Kier alpha value is -2.66. The number of aromatic nitrogens is 3. The number of hydrogen-bond donors (Lipinski definition) is 1. The van der Waals surface area contributed by atoms with E-state index in [1.54, 1.807) is 4.68 Å². The molecule has 0 radical (unpaired) electrons. The van der Waals surface area contributed by atoms with Crippen LogP contribution in [0.25, 0.3) is 11.1 Å². The van der Waals surface area contributed by atoms with E-state index in [0.29, 0.717) is 19.4 Å². The Kier molecular flexibility index (Phi) is 6.24. The molecule has 0 fully saturated rings. The van der Waals surface area contributed by atoms with Crippen molar-refractivity contribution in [2.45, 2.75) is 39.3 Å². The van der Waals surface area contributed by atoms with Crippen molar-refractivity contribution >= 4 is 17.5 Å². The second-order valence-corrected chi connectivity index (χ2v) is 7.20. The molecule has 0 aliphatic rings. The highest BCUT2D eigenvalue weighted by atomic mass is 35.5. The van der Waals surface area contributed by atoms with Crippen LogP contribution in [0.2, 0.25) is 5.02 Å². The average Bonchev–Trinajstić information content (AvgIpc) is 3.15. The molecule has 1 amide bonds. The molecule has 0 aliphatic carbocycles. The molecular weight excluding hydrogens is 360 g/mol. The summed E-state index contributed by atoms with van der Waals surface area (Å²) >= 11 is 5.93. The van der Waals surface area contributed by atoms with Gasteiger partial charge in [-0.25, -0.2) is 4.68 Å². The van der Waals surface area contributed by atoms with Crippen LogP contribution >= 0.6 is 11.6 Å². The first-order chi connectivity index (χ1) is 13.0. The molecule has 140 valence electrons. The highest BCUT2D eigenvalue weighted by Crippen LogP contribution is 2.21. The molecule has 0 aliphatic heterocycles. The first-order valence-electron chi connectivity index (χ1n) is 9.03. The van der Waals surface area contributed by atoms with Crippen molar-refractivity contribution in [2.75, 3.05) is 0 Å². The Morgan fingerprint density at radius 1 is 1.07 bits per heavy atom. The van der Waals surface area contributed by atoms with Crippen LogP contribution in [0.3, 0.4) is 0 Å². The molecule has 0 unspecified atom stereocenters. The van der Waals surface area contributed by atoms with Crippen LogP contribution in [0.4, 0.5) is 0 Å². The molecule has 0 saturated carbocycles. The predicted molar refractivity (Wildman–Crippen MR) is 107 cm³/mol. The maximum atomic E-state index is 12.1. The molecule has 0 spiro atoms. The van der Waals surface area contributed by atoms with Gasteiger partial charge in [-0.3, -0.25) is 4.79 Å². The van der Waals surface area contributed by atoms with E-state index in [9.17, 15) is 4.79 Å².